The number of piperidine rings is 1. The Hall–Kier alpha value is -3.46. The molecule has 1 aliphatic heterocycles. The standard InChI is InChI=1S/C21H24N6O3/c1-30-19-11-15(7-8-22-19)17-13-25-27(21(17)29)18-6-5-16(12-23-18)20(28)24-14-26-9-3-2-4-10-26/h5-8,11-13,25H,2-4,9-10,14H2,1H3,(H,24,28). The summed E-state index contributed by atoms with van der Waals surface area (Å²) in [6, 6.07) is 6.74. The van der Waals surface area contributed by atoms with E-state index in [4.69, 9.17) is 4.74 Å². The summed E-state index contributed by atoms with van der Waals surface area (Å²) in [6.07, 6.45) is 8.27. The summed E-state index contributed by atoms with van der Waals surface area (Å²) in [5, 5.41) is 5.84. The highest BCUT2D eigenvalue weighted by Crippen LogP contribution is 2.19. The van der Waals surface area contributed by atoms with Crippen molar-refractivity contribution in [2.75, 3.05) is 26.9 Å². The zero-order valence-electron chi connectivity index (χ0n) is 16.8. The van der Waals surface area contributed by atoms with Gasteiger partial charge in [0.1, 0.15) is 0 Å². The van der Waals surface area contributed by atoms with E-state index >= 15 is 0 Å². The van der Waals surface area contributed by atoms with Crippen LogP contribution >= 0.6 is 0 Å². The summed E-state index contributed by atoms with van der Waals surface area (Å²) in [7, 11) is 1.52. The third-order valence-corrected chi connectivity index (χ3v) is 5.18. The Morgan fingerprint density at radius 2 is 2.03 bits per heavy atom. The molecule has 1 aliphatic rings. The number of hydrogen-bond donors (Lipinski definition) is 2. The lowest BCUT2D eigenvalue weighted by Gasteiger charge is -2.26. The van der Waals surface area contributed by atoms with Crippen molar-refractivity contribution < 1.29 is 9.53 Å². The minimum absolute atomic E-state index is 0.178. The summed E-state index contributed by atoms with van der Waals surface area (Å²) in [6.45, 7) is 2.56. The quantitative estimate of drug-likeness (QED) is 0.644. The summed E-state index contributed by atoms with van der Waals surface area (Å²) >= 11 is 0. The molecule has 0 radical (unpaired) electrons. The lowest BCUT2D eigenvalue weighted by Crippen LogP contribution is -2.40. The number of H-pyrrole nitrogens is 1. The smallest absolute Gasteiger partial charge is 0.280 e. The Labute approximate surface area is 173 Å². The molecule has 2 N–H and O–H groups in total. The van der Waals surface area contributed by atoms with Gasteiger partial charge in [0.15, 0.2) is 5.82 Å². The van der Waals surface area contributed by atoms with Gasteiger partial charge >= 0.3 is 0 Å². The molecule has 1 saturated heterocycles. The van der Waals surface area contributed by atoms with Gasteiger partial charge in [0.05, 0.1) is 24.9 Å². The van der Waals surface area contributed by atoms with Gasteiger partial charge in [-0.1, -0.05) is 6.42 Å². The van der Waals surface area contributed by atoms with Crippen molar-refractivity contribution in [1.29, 1.82) is 0 Å². The minimum Gasteiger partial charge on any atom is -0.481 e. The number of hydrogen-bond acceptors (Lipinski definition) is 6. The maximum absolute atomic E-state index is 12.8. The Morgan fingerprint density at radius 1 is 1.20 bits per heavy atom. The van der Waals surface area contributed by atoms with E-state index < -0.39 is 0 Å². The first kappa shape index (κ1) is 19.8. The molecule has 0 aromatic carbocycles. The molecule has 0 unspecified atom stereocenters. The summed E-state index contributed by atoms with van der Waals surface area (Å²) in [5.41, 5.74) is 1.36. The fourth-order valence-corrected chi connectivity index (χ4v) is 3.49. The van der Waals surface area contributed by atoms with Crippen LogP contribution in [0.3, 0.4) is 0 Å². The van der Waals surface area contributed by atoms with Crippen LogP contribution in [0, 0.1) is 0 Å². The molecule has 9 nitrogen and oxygen atoms in total. The van der Waals surface area contributed by atoms with Gasteiger partial charge in [-0.15, -0.1) is 0 Å². The molecule has 3 aromatic rings. The maximum atomic E-state index is 12.8. The van der Waals surface area contributed by atoms with Crippen LogP contribution in [-0.2, 0) is 0 Å². The highest BCUT2D eigenvalue weighted by molar-refractivity contribution is 5.93. The van der Waals surface area contributed by atoms with Gasteiger partial charge < -0.3 is 10.1 Å². The maximum Gasteiger partial charge on any atom is 0.280 e. The van der Waals surface area contributed by atoms with E-state index in [2.05, 4.69) is 25.3 Å². The molecule has 0 saturated carbocycles. The molecule has 1 amide bonds. The van der Waals surface area contributed by atoms with E-state index in [9.17, 15) is 9.59 Å². The highest BCUT2D eigenvalue weighted by atomic mass is 16.5. The van der Waals surface area contributed by atoms with E-state index in [1.807, 2.05) is 0 Å². The number of aromatic amines is 1. The number of nitrogens with one attached hydrogen (secondary N) is 2. The fraction of sp³-hybridized carbons (Fsp3) is 0.333. The predicted octanol–water partition coefficient (Wildman–Crippen LogP) is 1.80. The van der Waals surface area contributed by atoms with Gasteiger partial charge in [-0.3, -0.25) is 19.6 Å². The largest absolute Gasteiger partial charge is 0.481 e. The second-order valence-electron chi connectivity index (χ2n) is 7.16. The van der Waals surface area contributed by atoms with Crippen molar-refractivity contribution >= 4 is 5.91 Å². The van der Waals surface area contributed by atoms with Crippen LogP contribution in [0.1, 0.15) is 29.6 Å². The number of methoxy groups -OCH3 is 1. The number of aromatic nitrogens is 4. The van der Waals surface area contributed by atoms with Gasteiger partial charge in [-0.25, -0.2) is 14.6 Å². The summed E-state index contributed by atoms with van der Waals surface area (Å²) < 4.78 is 6.45. The Bertz CT molecular complexity index is 1070. The minimum atomic E-state index is -0.252. The normalized spacial score (nSPS) is 14.4. The van der Waals surface area contributed by atoms with E-state index in [1.54, 1.807) is 36.7 Å². The monoisotopic (exact) mass is 408 g/mol. The molecule has 0 aliphatic carbocycles. The number of nitrogens with zero attached hydrogens (tertiary/aromatic N) is 4. The molecule has 30 heavy (non-hydrogen) atoms. The number of ether oxygens (including phenoxy) is 1. The summed E-state index contributed by atoms with van der Waals surface area (Å²) in [4.78, 5) is 35.8. The van der Waals surface area contributed by atoms with Crippen molar-refractivity contribution in [3.05, 3.63) is 58.8 Å². The van der Waals surface area contributed by atoms with Crippen LogP contribution in [0.2, 0.25) is 0 Å². The van der Waals surface area contributed by atoms with Crippen molar-refractivity contribution in [3.8, 4) is 22.8 Å². The van der Waals surface area contributed by atoms with Gasteiger partial charge in [0.2, 0.25) is 5.88 Å². The van der Waals surface area contributed by atoms with Crippen molar-refractivity contribution in [2.45, 2.75) is 19.3 Å². The molecule has 156 valence electrons. The van der Waals surface area contributed by atoms with Crippen LogP contribution in [-0.4, -0.2) is 57.4 Å². The van der Waals surface area contributed by atoms with E-state index in [0.717, 1.165) is 13.1 Å². The lowest BCUT2D eigenvalue weighted by molar-refractivity contribution is 0.0914. The SMILES string of the molecule is COc1cc(-c2c[nH]n(-c3ccc(C(=O)NCN4CCCCC4)cn3)c2=O)ccn1. The summed E-state index contributed by atoms with van der Waals surface area (Å²) in [5.74, 6) is 0.653. The first-order chi connectivity index (χ1) is 14.7. The Morgan fingerprint density at radius 3 is 2.77 bits per heavy atom. The molecule has 1 fully saturated rings. The van der Waals surface area contributed by atoms with Crippen LogP contribution in [0.15, 0.2) is 47.7 Å². The Balaban J connectivity index is 1.47. The predicted molar refractivity (Wildman–Crippen MR) is 112 cm³/mol. The van der Waals surface area contributed by atoms with E-state index in [-0.39, 0.29) is 11.5 Å². The lowest BCUT2D eigenvalue weighted by atomic mass is 10.1. The topological polar surface area (TPSA) is 105 Å². The molecule has 4 rings (SSSR count). The first-order valence-corrected chi connectivity index (χ1v) is 9.93. The number of carbonyl (C=O) groups is 1. The highest BCUT2D eigenvalue weighted by Gasteiger charge is 2.14. The molecular formula is C21H24N6O3. The van der Waals surface area contributed by atoms with Crippen LogP contribution in [0.4, 0.5) is 0 Å². The van der Waals surface area contributed by atoms with Gasteiger partial charge in [-0.05, 0) is 49.7 Å². The second kappa shape index (κ2) is 8.91. The number of likely N-dealkylation sites (tertiary alicyclic amines) is 1. The van der Waals surface area contributed by atoms with Gasteiger partial charge in [0.25, 0.3) is 11.5 Å². The van der Waals surface area contributed by atoms with E-state index in [1.165, 1.54) is 37.3 Å². The first-order valence-electron chi connectivity index (χ1n) is 9.93. The molecule has 0 bridgehead atoms. The van der Waals surface area contributed by atoms with Gasteiger partial charge in [0, 0.05) is 24.7 Å². The van der Waals surface area contributed by atoms with Gasteiger partial charge in [-0.2, -0.15) is 0 Å². The average molecular weight is 408 g/mol. The number of amides is 1. The second-order valence-corrected chi connectivity index (χ2v) is 7.16. The van der Waals surface area contributed by atoms with Crippen molar-refractivity contribution in [3.63, 3.8) is 0 Å². The third kappa shape index (κ3) is 4.25. The van der Waals surface area contributed by atoms with Crippen molar-refractivity contribution in [2.24, 2.45) is 0 Å². The third-order valence-electron chi connectivity index (χ3n) is 5.18. The zero-order chi connectivity index (χ0) is 20.9. The van der Waals surface area contributed by atoms with Crippen molar-refractivity contribution in [1.82, 2.24) is 30.0 Å². The van der Waals surface area contributed by atoms with Crippen LogP contribution in [0.5, 0.6) is 5.88 Å². The number of rotatable bonds is 6. The molecule has 3 aromatic heterocycles. The molecule has 0 spiro atoms. The Kier molecular flexibility index (Phi) is 5.89. The van der Waals surface area contributed by atoms with Crippen LogP contribution in [0.25, 0.3) is 16.9 Å². The number of pyridine rings is 2. The molecule has 9 heteroatoms. The molecule has 0 atom stereocenters. The molecule has 4 heterocycles. The van der Waals surface area contributed by atoms with E-state index in [0.29, 0.717) is 35.1 Å². The number of carbonyl (C=O) groups excluding carboxylic acids is 1. The van der Waals surface area contributed by atoms with Crippen LogP contribution < -0.4 is 15.6 Å². The molecular weight excluding hydrogens is 384 g/mol. The average Bonchev–Trinajstić information content (AvgIpc) is 3.19. The zero-order valence-corrected chi connectivity index (χ0v) is 16.8. The fourth-order valence-electron chi connectivity index (χ4n) is 3.49.